The molecule has 0 saturated heterocycles. The molecule has 4 heteroatoms. The van der Waals surface area contributed by atoms with Crippen LogP contribution >= 0.6 is 0 Å². The first-order valence-electron chi connectivity index (χ1n) is 7.41. The zero-order valence-corrected chi connectivity index (χ0v) is 13.0. The van der Waals surface area contributed by atoms with E-state index < -0.39 is 0 Å². The summed E-state index contributed by atoms with van der Waals surface area (Å²) in [6.07, 6.45) is 0.789. The Morgan fingerprint density at radius 1 is 1.05 bits per heavy atom. The second-order valence-electron chi connectivity index (χ2n) is 5.22. The van der Waals surface area contributed by atoms with Gasteiger partial charge >= 0.3 is 6.03 Å². The van der Waals surface area contributed by atoms with Crippen LogP contribution in [0.25, 0.3) is 11.1 Å². The van der Waals surface area contributed by atoms with Gasteiger partial charge in [-0.05, 0) is 36.6 Å². The van der Waals surface area contributed by atoms with Gasteiger partial charge in [0.05, 0.1) is 0 Å². The molecule has 0 saturated carbocycles. The number of hydrogen-bond acceptors (Lipinski definition) is 2. The molecule has 1 atom stereocenters. The molecule has 4 nitrogen and oxygen atoms in total. The van der Waals surface area contributed by atoms with Gasteiger partial charge in [0.15, 0.2) is 0 Å². The summed E-state index contributed by atoms with van der Waals surface area (Å²) >= 11 is 0. The van der Waals surface area contributed by atoms with Gasteiger partial charge in [-0.2, -0.15) is 0 Å². The molecule has 0 radical (unpaired) electrons. The zero-order valence-electron chi connectivity index (χ0n) is 13.0. The first-order valence-corrected chi connectivity index (χ1v) is 7.41. The Bertz CT molecular complexity index is 582. The van der Waals surface area contributed by atoms with E-state index in [4.69, 9.17) is 4.74 Å². The van der Waals surface area contributed by atoms with E-state index in [0.29, 0.717) is 6.61 Å². The van der Waals surface area contributed by atoms with Gasteiger partial charge in [0, 0.05) is 25.4 Å². The molecule has 2 aromatic rings. The highest BCUT2D eigenvalue weighted by Gasteiger charge is 2.07. The third-order valence-corrected chi connectivity index (χ3v) is 3.38. The van der Waals surface area contributed by atoms with Crippen molar-refractivity contribution in [3.63, 3.8) is 0 Å². The van der Waals surface area contributed by atoms with E-state index in [1.54, 1.807) is 7.11 Å². The highest BCUT2D eigenvalue weighted by atomic mass is 16.5. The number of anilines is 1. The first kappa shape index (κ1) is 16.0. The van der Waals surface area contributed by atoms with E-state index in [-0.39, 0.29) is 12.1 Å². The number of amides is 2. The molecule has 116 valence electrons. The number of nitrogens with one attached hydrogen (secondary N) is 2. The van der Waals surface area contributed by atoms with E-state index in [1.165, 1.54) is 0 Å². The van der Waals surface area contributed by atoms with Crippen molar-refractivity contribution < 1.29 is 9.53 Å². The van der Waals surface area contributed by atoms with E-state index >= 15 is 0 Å². The topological polar surface area (TPSA) is 50.4 Å². The van der Waals surface area contributed by atoms with Crippen molar-refractivity contribution in [2.75, 3.05) is 19.0 Å². The summed E-state index contributed by atoms with van der Waals surface area (Å²) in [6, 6.07) is 17.8. The summed E-state index contributed by atoms with van der Waals surface area (Å²) in [5.41, 5.74) is 3.06. The lowest BCUT2D eigenvalue weighted by molar-refractivity contribution is 0.185. The molecular weight excluding hydrogens is 276 g/mol. The molecule has 0 spiro atoms. The molecule has 2 amide bonds. The van der Waals surface area contributed by atoms with Crippen LogP contribution in [0, 0.1) is 0 Å². The van der Waals surface area contributed by atoms with Crippen LogP contribution in [0.4, 0.5) is 10.5 Å². The van der Waals surface area contributed by atoms with Crippen LogP contribution in [0.15, 0.2) is 54.6 Å². The van der Waals surface area contributed by atoms with Crippen molar-refractivity contribution in [1.29, 1.82) is 0 Å². The molecule has 0 aliphatic rings. The average Bonchev–Trinajstić information content (AvgIpc) is 2.54. The van der Waals surface area contributed by atoms with Crippen LogP contribution < -0.4 is 10.6 Å². The first-order chi connectivity index (χ1) is 10.7. The summed E-state index contributed by atoms with van der Waals surface area (Å²) in [6.45, 7) is 2.59. The number of hydrogen-bond donors (Lipinski definition) is 2. The Balaban J connectivity index is 1.90. The maximum atomic E-state index is 11.9. The maximum absolute atomic E-state index is 11.9. The van der Waals surface area contributed by atoms with Crippen molar-refractivity contribution in [2.24, 2.45) is 0 Å². The predicted molar refractivity (Wildman–Crippen MR) is 90.0 cm³/mol. The Labute approximate surface area is 131 Å². The van der Waals surface area contributed by atoms with Crippen molar-refractivity contribution in [2.45, 2.75) is 19.4 Å². The van der Waals surface area contributed by atoms with Gasteiger partial charge in [0.2, 0.25) is 0 Å². The minimum Gasteiger partial charge on any atom is -0.385 e. The molecule has 0 bridgehead atoms. The smallest absolute Gasteiger partial charge is 0.319 e. The standard InChI is InChI=1S/C18H22N2O2/c1-14(12-13-22-2)19-18(21)20-17-10-8-16(9-11-17)15-6-4-3-5-7-15/h3-11,14H,12-13H2,1-2H3,(H2,19,20,21). The fourth-order valence-electron chi connectivity index (χ4n) is 2.13. The monoisotopic (exact) mass is 298 g/mol. The normalized spacial score (nSPS) is 11.7. The van der Waals surface area contributed by atoms with Gasteiger partial charge in [0.25, 0.3) is 0 Å². The number of carbonyl (C=O) groups is 1. The van der Waals surface area contributed by atoms with Crippen LogP contribution in [0.2, 0.25) is 0 Å². The van der Waals surface area contributed by atoms with Crippen molar-refractivity contribution in [1.82, 2.24) is 5.32 Å². The third-order valence-electron chi connectivity index (χ3n) is 3.38. The minimum atomic E-state index is -0.198. The molecule has 0 aliphatic carbocycles. The molecule has 0 aliphatic heterocycles. The van der Waals surface area contributed by atoms with E-state index in [9.17, 15) is 4.79 Å². The zero-order chi connectivity index (χ0) is 15.8. The summed E-state index contributed by atoms with van der Waals surface area (Å²) in [5, 5.41) is 5.72. The molecule has 1 unspecified atom stereocenters. The highest BCUT2D eigenvalue weighted by Crippen LogP contribution is 2.20. The van der Waals surface area contributed by atoms with Crippen LogP contribution in [-0.4, -0.2) is 25.8 Å². The Morgan fingerprint density at radius 2 is 1.68 bits per heavy atom. The molecule has 0 fully saturated rings. The van der Waals surface area contributed by atoms with Crippen LogP contribution in [-0.2, 0) is 4.74 Å². The number of benzene rings is 2. The Kier molecular flexibility index (Phi) is 5.98. The summed E-state index contributed by atoms with van der Waals surface area (Å²) in [5.74, 6) is 0. The van der Waals surface area contributed by atoms with Gasteiger partial charge in [-0.25, -0.2) is 4.79 Å². The van der Waals surface area contributed by atoms with Crippen molar-refractivity contribution in [3.05, 3.63) is 54.6 Å². The number of carbonyl (C=O) groups excluding carboxylic acids is 1. The van der Waals surface area contributed by atoms with Gasteiger partial charge in [-0.3, -0.25) is 0 Å². The summed E-state index contributed by atoms with van der Waals surface area (Å²) < 4.78 is 5.00. The van der Waals surface area contributed by atoms with E-state index in [1.807, 2.05) is 49.4 Å². The maximum Gasteiger partial charge on any atom is 0.319 e. The lowest BCUT2D eigenvalue weighted by Gasteiger charge is -2.14. The predicted octanol–water partition coefficient (Wildman–Crippen LogP) is 3.90. The fraction of sp³-hybridized carbons (Fsp3) is 0.278. The molecule has 22 heavy (non-hydrogen) atoms. The van der Waals surface area contributed by atoms with Crippen LogP contribution in [0.3, 0.4) is 0 Å². The van der Waals surface area contributed by atoms with Crippen molar-refractivity contribution in [3.8, 4) is 11.1 Å². The van der Waals surface area contributed by atoms with Gasteiger partial charge < -0.3 is 15.4 Å². The van der Waals surface area contributed by atoms with Crippen molar-refractivity contribution >= 4 is 11.7 Å². The molecule has 2 aromatic carbocycles. The fourth-order valence-corrected chi connectivity index (χ4v) is 2.13. The second-order valence-corrected chi connectivity index (χ2v) is 5.22. The van der Waals surface area contributed by atoms with Gasteiger partial charge in [-0.1, -0.05) is 42.5 Å². The van der Waals surface area contributed by atoms with Crippen LogP contribution in [0.1, 0.15) is 13.3 Å². The average molecular weight is 298 g/mol. The van der Waals surface area contributed by atoms with E-state index in [2.05, 4.69) is 22.8 Å². The molecule has 2 N–H and O–H groups in total. The lowest BCUT2D eigenvalue weighted by atomic mass is 10.1. The second kappa shape index (κ2) is 8.20. The molecule has 0 aromatic heterocycles. The Morgan fingerprint density at radius 3 is 2.32 bits per heavy atom. The number of methoxy groups -OCH3 is 1. The summed E-state index contributed by atoms with van der Waals surface area (Å²) in [7, 11) is 1.65. The number of rotatable bonds is 6. The lowest BCUT2D eigenvalue weighted by Crippen LogP contribution is -2.36. The SMILES string of the molecule is COCCC(C)NC(=O)Nc1ccc(-c2ccccc2)cc1. The highest BCUT2D eigenvalue weighted by molar-refractivity contribution is 5.89. The van der Waals surface area contributed by atoms with E-state index in [0.717, 1.165) is 23.2 Å². The number of ether oxygens (including phenoxy) is 1. The third kappa shape index (κ3) is 4.90. The van der Waals surface area contributed by atoms with Gasteiger partial charge in [-0.15, -0.1) is 0 Å². The quantitative estimate of drug-likeness (QED) is 0.849. The largest absolute Gasteiger partial charge is 0.385 e. The minimum absolute atomic E-state index is 0.0727. The Hall–Kier alpha value is -2.33. The molecule has 0 heterocycles. The molecule has 2 rings (SSSR count). The van der Waals surface area contributed by atoms with Crippen LogP contribution in [0.5, 0.6) is 0 Å². The number of urea groups is 1. The summed E-state index contributed by atoms with van der Waals surface area (Å²) in [4.78, 5) is 11.9. The molecular formula is C18H22N2O2. The van der Waals surface area contributed by atoms with Gasteiger partial charge in [0.1, 0.15) is 0 Å².